The van der Waals surface area contributed by atoms with Crippen molar-refractivity contribution >= 4 is 29.0 Å². The lowest BCUT2D eigenvalue weighted by atomic mass is 10.1. The van der Waals surface area contributed by atoms with Crippen LogP contribution in [0.15, 0.2) is 18.2 Å². The Bertz CT molecular complexity index is 413. The summed E-state index contributed by atoms with van der Waals surface area (Å²) >= 11 is 11.6. The molecule has 0 fully saturated rings. The number of Topliss-reactive ketones (excluding diaryl/α,β-unsaturated/α-hetero) is 1. The Labute approximate surface area is 93.0 Å². The summed E-state index contributed by atoms with van der Waals surface area (Å²) < 4.78 is 0. The van der Waals surface area contributed by atoms with Gasteiger partial charge in [0.2, 0.25) is 0 Å². The van der Waals surface area contributed by atoms with E-state index in [2.05, 4.69) is 11.8 Å². The van der Waals surface area contributed by atoms with E-state index in [1.165, 1.54) is 0 Å². The van der Waals surface area contributed by atoms with E-state index in [1.54, 1.807) is 25.1 Å². The number of ketones is 1. The molecule has 0 spiro atoms. The molecule has 0 unspecified atom stereocenters. The largest absolute Gasteiger partial charge is 0.293 e. The van der Waals surface area contributed by atoms with Gasteiger partial charge in [0, 0.05) is 10.6 Å². The molecule has 14 heavy (non-hydrogen) atoms. The second-order valence-electron chi connectivity index (χ2n) is 2.65. The predicted molar refractivity (Wildman–Crippen MR) is 58.9 cm³/mol. The lowest BCUT2D eigenvalue weighted by Gasteiger charge is -2.00. The Kier molecular flexibility index (Phi) is 4.00. The van der Waals surface area contributed by atoms with Gasteiger partial charge in [0.25, 0.3) is 0 Å². The summed E-state index contributed by atoms with van der Waals surface area (Å²) in [5.74, 6) is 5.27. The number of hydrogen-bond donors (Lipinski definition) is 0. The van der Waals surface area contributed by atoms with Gasteiger partial charge in [-0.15, -0.1) is 5.92 Å². The second-order valence-corrected chi connectivity index (χ2v) is 3.49. The van der Waals surface area contributed by atoms with Crippen molar-refractivity contribution in [2.75, 3.05) is 0 Å². The van der Waals surface area contributed by atoms with Crippen LogP contribution in [0.5, 0.6) is 0 Å². The minimum atomic E-state index is -0.0824. The van der Waals surface area contributed by atoms with Crippen molar-refractivity contribution in [3.8, 4) is 11.8 Å². The van der Waals surface area contributed by atoms with Gasteiger partial charge in [0.1, 0.15) is 0 Å². The summed E-state index contributed by atoms with van der Waals surface area (Å²) in [6, 6.07) is 4.81. The Morgan fingerprint density at radius 2 is 2.14 bits per heavy atom. The van der Waals surface area contributed by atoms with E-state index in [9.17, 15) is 4.79 Å². The fourth-order valence-electron chi connectivity index (χ4n) is 0.980. The van der Waals surface area contributed by atoms with Gasteiger partial charge < -0.3 is 0 Å². The molecule has 0 saturated carbocycles. The molecule has 1 aromatic carbocycles. The van der Waals surface area contributed by atoms with E-state index in [-0.39, 0.29) is 12.2 Å². The topological polar surface area (TPSA) is 17.1 Å². The van der Waals surface area contributed by atoms with E-state index in [1.807, 2.05) is 0 Å². The predicted octanol–water partition coefficient (Wildman–Crippen LogP) is 3.59. The Morgan fingerprint density at radius 3 is 2.71 bits per heavy atom. The van der Waals surface area contributed by atoms with E-state index in [0.29, 0.717) is 15.6 Å². The first-order chi connectivity index (χ1) is 6.65. The molecule has 0 bridgehead atoms. The van der Waals surface area contributed by atoms with E-state index >= 15 is 0 Å². The van der Waals surface area contributed by atoms with Crippen LogP contribution >= 0.6 is 23.2 Å². The maximum absolute atomic E-state index is 11.5. The van der Waals surface area contributed by atoms with Gasteiger partial charge >= 0.3 is 0 Å². The van der Waals surface area contributed by atoms with E-state index in [0.717, 1.165) is 0 Å². The number of rotatable bonds is 2. The number of hydrogen-bond acceptors (Lipinski definition) is 1. The lowest BCUT2D eigenvalue weighted by Crippen LogP contribution is -1.98. The Hall–Kier alpha value is -0.970. The highest BCUT2D eigenvalue weighted by Gasteiger charge is 2.08. The molecule has 0 amide bonds. The first-order valence-electron chi connectivity index (χ1n) is 4.03. The summed E-state index contributed by atoms with van der Waals surface area (Å²) in [6.45, 7) is 1.69. The average molecular weight is 227 g/mol. The lowest BCUT2D eigenvalue weighted by molar-refractivity contribution is 0.0998. The highest BCUT2D eigenvalue weighted by atomic mass is 35.5. The SMILES string of the molecule is CC#CCC(=O)c1ccc(Cl)cc1Cl. The third kappa shape index (κ3) is 2.77. The van der Waals surface area contributed by atoms with Crippen LogP contribution in [0.2, 0.25) is 10.0 Å². The molecule has 72 valence electrons. The number of carbonyl (C=O) groups is 1. The molecule has 0 saturated heterocycles. The smallest absolute Gasteiger partial charge is 0.176 e. The molecule has 1 nitrogen and oxygen atoms in total. The van der Waals surface area contributed by atoms with Gasteiger partial charge in [-0.2, -0.15) is 0 Å². The highest BCUT2D eigenvalue weighted by molar-refractivity contribution is 6.36. The first kappa shape index (κ1) is 11.1. The van der Waals surface area contributed by atoms with Crippen molar-refractivity contribution in [1.82, 2.24) is 0 Å². The van der Waals surface area contributed by atoms with Gasteiger partial charge in [-0.05, 0) is 25.1 Å². The van der Waals surface area contributed by atoms with Crippen LogP contribution in [0.3, 0.4) is 0 Å². The Morgan fingerprint density at radius 1 is 1.43 bits per heavy atom. The van der Waals surface area contributed by atoms with Gasteiger partial charge in [-0.1, -0.05) is 29.1 Å². The summed E-state index contributed by atoms with van der Waals surface area (Å²) in [4.78, 5) is 11.5. The van der Waals surface area contributed by atoms with Crippen LogP contribution in [0.1, 0.15) is 23.7 Å². The zero-order chi connectivity index (χ0) is 10.6. The van der Waals surface area contributed by atoms with Crippen LogP contribution in [-0.2, 0) is 0 Å². The number of benzene rings is 1. The fraction of sp³-hybridized carbons (Fsp3) is 0.182. The van der Waals surface area contributed by atoms with Crippen molar-refractivity contribution in [2.45, 2.75) is 13.3 Å². The maximum Gasteiger partial charge on any atom is 0.176 e. The second kappa shape index (κ2) is 5.05. The highest BCUT2D eigenvalue weighted by Crippen LogP contribution is 2.21. The van der Waals surface area contributed by atoms with Crippen LogP contribution in [-0.4, -0.2) is 5.78 Å². The number of halogens is 2. The van der Waals surface area contributed by atoms with Gasteiger partial charge in [-0.3, -0.25) is 4.79 Å². The molecule has 3 heteroatoms. The molecular weight excluding hydrogens is 219 g/mol. The fourth-order valence-corrected chi connectivity index (χ4v) is 1.49. The molecule has 0 aliphatic rings. The van der Waals surface area contributed by atoms with Crippen molar-refractivity contribution < 1.29 is 4.79 Å². The molecule has 0 atom stereocenters. The minimum absolute atomic E-state index is 0.0824. The van der Waals surface area contributed by atoms with E-state index in [4.69, 9.17) is 23.2 Å². The van der Waals surface area contributed by atoms with Crippen LogP contribution in [0.25, 0.3) is 0 Å². The molecule has 0 radical (unpaired) electrons. The van der Waals surface area contributed by atoms with Gasteiger partial charge in [-0.25, -0.2) is 0 Å². The molecule has 0 heterocycles. The third-order valence-electron chi connectivity index (χ3n) is 1.66. The van der Waals surface area contributed by atoms with Crippen LogP contribution in [0, 0.1) is 11.8 Å². The van der Waals surface area contributed by atoms with Crippen molar-refractivity contribution in [3.63, 3.8) is 0 Å². The minimum Gasteiger partial charge on any atom is -0.293 e. The maximum atomic E-state index is 11.5. The summed E-state index contributed by atoms with van der Waals surface area (Å²) in [7, 11) is 0. The quantitative estimate of drug-likeness (QED) is 0.557. The zero-order valence-electron chi connectivity index (χ0n) is 7.60. The zero-order valence-corrected chi connectivity index (χ0v) is 9.12. The molecule has 0 aliphatic heterocycles. The summed E-state index contributed by atoms with van der Waals surface area (Å²) in [6.07, 6.45) is 0.192. The van der Waals surface area contributed by atoms with Crippen molar-refractivity contribution in [1.29, 1.82) is 0 Å². The van der Waals surface area contributed by atoms with Gasteiger partial charge in [0.05, 0.1) is 11.4 Å². The number of carbonyl (C=O) groups excluding carboxylic acids is 1. The molecule has 1 rings (SSSR count). The monoisotopic (exact) mass is 226 g/mol. The van der Waals surface area contributed by atoms with E-state index < -0.39 is 0 Å². The van der Waals surface area contributed by atoms with Crippen molar-refractivity contribution in [3.05, 3.63) is 33.8 Å². The molecule has 0 aromatic heterocycles. The standard InChI is InChI=1S/C11H8Cl2O/c1-2-3-4-11(14)9-6-5-8(12)7-10(9)13/h5-7H,4H2,1H3. The average Bonchev–Trinajstić information content (AvgIpc) is 2.14. The van der Waals surface area contributed by atoms with Crippen LogP contribution in [0.4, 0.5) is 0 Å². The molecular formula is C11H8Cl2O. The van der Waals surface area contributed by atoms with Crippen molar-refractivity contribution in [2.24, 2.45) is 0 Å². The molecule has 0 N–H and O–H groups in total. The van der Waals surface area contributed by atoms with Crippen LogP contribution < -0.4 is 0 Å². The van der Waals surface area contributed by atoms with Gasteiger partial charge in [0.15, 0.2) is 5.78 Å². The molecule has 0 aliphatic carbocycles. The molecule has 1 aromatic rings. The normalized spacial score (nSPS) is 9.07. The third-order valence-corrected chi connectivity index (χ3v) is 2.21. The first-order valence-corrected chi connectivity index (χ1v) is 4.78. The Balaban J connectivity index is 2.94. The summed E-state index contributed by atoms with van der Waals surface area (Å²) in [5.41, 5.74) is 0.471. The summed E-state index contributed by atoms with van der Waals surface area (Å²) in [5, 5.41) is 0.897.